The fourth-order valence-corrected chi connectivity index (χ4v) is 3.56. The lowest BCUT2D eigenvalue weighted by Crippen LogP contribution is -2.43. The molecule has 1 atom stereocenters. The van der Waals surface area contributed by atoms with Crippen LogP contribution in [0.2, 0.25) is 0 Å². The molecule has 1 aromatic carbocycles. The van der Waals surface area contributed by atoms with E-state index in [1.165, 1.54) is 5.56 Å². The van der Waals surface area contributed by atoms with Gasteiger partial charge in [0.25, 0.3) is 0 Å². The quantitative estimate of drug-likeness (QED) is 0.712. The highest BCUT2D eigenvalue weighted by Crippen LogP contribution is 2.18. The van der Waals surface area contributed by atoms with Gasteiger partial charge in [-0.25, -0.2) is 4.79 Å². The molecular formula is C20H25N7O. The lowest BCUT2D eigenvalue weighted by molar-refractivity contribution is 0.244. The monoisotopic (exact) mass is 379 g/mol. The van der Waals surface area contributed by atoms with Crippen molar-refractivity contribution in [1.29, 1.82) is 0 Å². The summed E-state index contributed by atoms with van der Waals surface area (Å²) in [5.41, 5.74) is 2.16. The Bertz CT molecular complexity index is 960. The summed E-state index contributed by atoms with van der Waals surface area (Å²) in [6.07, 6.45) is 3.23. The molecule has 0 saturated heterocycles. The van der Waals surface area contributed by atoms with Crippen molar-refractivity contribution >= 4 is 11.8 Å². The largest absolute Gasteiger partial charge is 0.333 e. The van der Waals surface area contributed by atoms with E-state index in [2.05, 4.69) is 42.6 Å². The van der Waals surface area contributed by atoms with Gasteiger partial charge in [0.1, 0.15) is 17.5 Å². The lowest BCUT2D eigenvalue weighted by atomic mass is 10.1. The first-order valence-electron chi connectivity index (χ1n) is 9.67. The van der Waals surface area contributed by atoms with E-state index in [0.717, 1.165) is 43.0 Å². The summed E-state index contributed by atoms with van der Waals surface area (Å²) in [4.78, 5) is 12.5. The molecule has 1 aliphatic rings. The highest BCUT2D eigenvalue weighted by Gasteiger charge is 2.24. The van der Waals surface area contributed by atoms with Crippen molar-refractivity contribution in [2.45, 2.75) is 45.2 Å². The van der Waals surface area contributed by atoms with Gasteiger partial charge in [-0.05, 0) is 18.4 Å². The number of amides is 2. The molecule has 0 radical (unpaired) electrons. The van der Waals surface area contributed by atoms with Crippen LogP contribution in [0.25, 0.3) is 0 Å². The fourth-order valence-electron chi connectivity index (χ4n) is 3.56. The van der Waals surface area contributed by atoms with Gasteiger partial charge >= 0.3 is 6.03 Å². The average molecular weight is 379 g/mol. The van der Waals surface area contributed by atoms with Crippen molar-refractivity contribution in [3.05, 3.63) is 59.3 Å². The molecule has 0 aliphatic carbocycles. The third kappa shape index (κ3) is 3.90. The molecule has 2 aromatic heterocycles. The van der Waals surface area contributed by atoms with Crippen LogP contribution >= 0.6 is 0 Å². The zero-order valence-electron chi connectivity index (χ0n) is 16.2. The molecule has 8 nitrogen and oxygen atoms in total. The van der Waals surface area contributed by atoms with Gasteiger partial charge in [0, 0.05) is 38.5 Å². The number of rotatable bonds is 5. The zero-order valence-corrected chi connectivity index (χ0v) is 16.2. The van der Waals surface area contributed by atoms with Crippen molar-refractivity contribution in [3.8, 4) is 0 Å². The fraction of sp³-hybridized carbons (Fsp3) is 0.400. The second-order valence-electron chi connectivity index (χ2n) is 7.14. The third-order valence-corrected chi connectivity index (χ3v) is 5.10. The normalized spacial score (nSPS) is 15.9. The summed E-state index contributed by atoms with van der Waals surface area (Å²) in [6.45, 7) is 2.72. The Labute approximate surface area is 164 Å². The van der Waals surface area contributed by atoms with Crippen molar-refractivity contribution in [2.24, 2.45) is 7.05 Å². The Morgan fingerprint density at radius 1 is 1.25 bits per heavy atom. The number of anilines is 1. The number of hydrogen-bond acceptors (Lipinski definition) is 4. The van der Waals surface area contributed by atoms with Gasteiger partial charge in [0.15, 0.2) is 0 Å². The number of benzene rings is 1. The van der Waals surface area contributed by atoms with Crippen molar-refractivity contribution in [2.75, 3.05) is 5.32 Å². The van der Waals surface area contributed by atoms with E-state index < -0.39 is 0 Å². The topological polar surface area (TPSA) is 89.7 Å². The predicted molar refractivity (Wildman–Crippen MR) is 106 cm³/mol. The van der Waals surface area contributed by atoms with Crippen molar-refractivity contribution < 1.29 is 4.79 Å². The van der Waals surface area contributed by atoms with E-state index in [9.17, 15) is 4.79 Å². The maximum atomic E-state index is 12.5. The first-order chi connectivity index (χ1) is 13.6. The molecule has 0 fully saturated rings. The highest BCUT2D eigenvalue weighted by molar-refractivity contribution is 5.88. The smallest absolute Gasteiger partial charge is 0.320 e. The summed E-state index contributed by atoms with van der Waals surface area (Å²) < 4.78 is 3.83. The Balaban J connectivity index is 1.40. The van der Waals surface area contributed by atoms with Gasteiger partial charge in [-0.2, -0.15) is 5.10 Å². The van der Waals surface area contributed by atoms with Crippen molar-refractivity contribution in [3.63, 3.8) is 0 Å². The number of urea groups is 1. The second kappa shape index (κ2) is 7.84. The number of nitrogens with one attached hydrogen (secondary N) is 2. The molecule has 1 aliphatic heterocycles. The standard InChI is InChI=1S/C20H25N7O/c1-3-15-12-18(26(2)25-15)22-20(28)21-16-9-10-17-23-24-19(27(17)13-16)11-14-7-5-4-6-8-14/h4-8,12,16H,3,9-11,13H2,1-2H3,(H2,21,22,28)/t16-/m1/s1. The maximum absolute atomic E-state index is 12.5. The average Bonchev–Trinajstić information content (AvgIpc) is 3.26. The number of carbonyl (C=O) groups is 1. The van der Waals surface area contributed by atoms with Crippen LogP contribution in [0.15, 0.2) is 36.4 Å². The molecular weight excluding hydrogens is 354 g/mol. The van der Waals surface area contributed by atoms with Crippen molar-refractivity contribution in [1.82, 2.24) is 29.9 Å². The van der Waals surface area contributed by atoms with Crippen LogP contribution in [0.3, 0.4) is 0 Å². The molecule has 146 valence electrons. The third-order valence-electron chi connectivity index (χ3n) is 5.10. The minimum absolute atomic E-state index is 0.0388. The summed E-state index contributed by atoms with van der Waals surface area (Å²) in [6, 6.07) is 12.0. The minimum Gasteiger partial charge on any atom is -0.333 e. The van der Waals surface area contributed by atoms with E-state index in [4.69, 9.17) is 0 Å². The van der Waals surface area contributed by atoms with Crippen LogP contribution in [-0.4, -0.2) is 36.6 Å². The summed E-state index contributed by atoms with van der Waals surface area (Å²) in [5, 5.41) is 19.0. The van der Waals surface area contributed by atoms with Crippen LogP contribution < -0.4 is 10.6 Å². The molecule has 4 rings (SSSR count). The summed E-state index contributed by atoms with van der Waals surface area (Å²) in [7, 11) is 1.83. The van der Waals surface area contributed by atoms with E-state index in [-0.39, 0.29) is 12.1 Å². The van der Waals surface area contributed by atoms with Crippen LogP contribution in [0, 0.1) is 0 Å². The summed E-state index contributed by atoms with van der Waals surface area (Å²) in [5.74, 6) is 2.62. The highest BCUT2D eigenvalue weighted by atomic mass is 16.2. The van der Waals surface area contributed by atoms with Gasteiger partial charge in [-0.1, -0.05) is 37.3 Å². The van der Waals surface area contributed by atoms with Crippen LogP contribution in [0.4, 0.5) is 10.6 Å². The van der Waals surface area contributed by atoms with Gasteiger partial charge in [0.05, 0.1) is 5.69 Å². The SMILES string of the molecule is CCc1cc(NC(=O)N[C@@H]2CCc3nnc(Cc4ccccc4)n3C2)n(C)n1. The van der Waals surface area contributed by atoms with Crippen LogP contribution in [-0.2, 0) is 32.9 Å². The molecule has 3 aromatic rings. The summed E-state index contributed by atoms with van der Waals surface area (Å²) >= 11 is 0. The Morgan fingerprint density at radius 2 is 2.07 bits per heavy atom. The number of aromatic nitrogens is 5. The number of aryl methyl sites for hydroxylation is 3. The zero-order chi connectivity index (χ0) is 19.5. The molecule has 2 amide bonds. The molecule has 0 saturated carbocycles. The Hall–Kier alpha value is -3.16. The molecule has 0 bridgehead atoms. The van der Waals surface area contributed by atoms with E-state index in [1.807, 2.05) is 38.2 Å². The maximum Gasteiger partial charge on any atom is 0.320 e. The van der Waals surface area contributed by atoms with Gasteiger partial charge in [-0.15, -0.1) is 10.2 Å². The first-order valence-corrected chi connectivity index (χ1v) is 9.67. The molecule has 0 unspecified atom stereocenters. The predicted octanol–water partition coefficient (Wildman–Crippen LogP) is 2.30. The number of carbonyl (C=O) groups excluding carboxylic acids is 1. The molecule has 8 heteroatoms. The van der Waals surface area contributed by atoms with Crippen LogP contribution in [0.5, 0.6) is 0 Å². The molecule has 0 spiro atoms. The number of nitrogens with zero attached hydrogens (tertiary/aromatic N) is 5. The lowest BCUT2D eigenvalue weighted by Gasteiger charge is -2.25. The van der Waals surface area contributed by atoms with Gasteiger partial charge < -0.3 is 9.88 Å². The van der Waals surface area contributed by atoms with Gasteiger partial charge in [-0.3, -0.25) is 10.00 Å². The van der Waals surface area contributed by atoms with Crippen LogP contribution in [0.1, 0.15) is 36.3 Å². The van der Waals surface area contributed by atoms with E-state index >= 15 is 0 Å². The Morgan fingerprint density at radius 3 is 2.82 bits per heavy atom. The van der Waals surface area contributed by atoms with E-state index in [0.29, 0.717) is 12.4 Å². The first kappa shape index (κ1) is 18.2. The molecule has 3 heterocycles. The second-order valence-corrected chi connectivity index (χ2v) is 7.14. The van der Waals surface area contributed by atoms with E-state index in [1.54, 1.807) is 4.68 Å². The minimum atomic E-state index is -0.211. The Kier molecular flexibility index (Phi) is 5.10. The molecule has 28 heavy (non-hydrogen) atoms. The molecule has 2 N–H and O–H groups in total. The number of hydrogen-bond donors (Lipinski definition) is 2. The number of fused-ring (bicyclic) bond motifs is 1. The van der Waals surface area contributed by atoms with Gasteiger partial charge in [0.2, 0.25) is 0 Å².